The number of benzene rings is 1. The van der Waals surface area contributed by atoms with Gasteiger partial charge in [0.25, 0.3) is 0 Å². The highest BCUT2D eigenvalue weighted by Crippen LogP contribution is 2.09. The molecule has 3 heteroatoms. The van der Waals surface area contributed by atoms with Crippen LogP contribution in [0.15, 0.2) is 24.3 Å². The van der Waals surface area contributed by atoms with Crippen LogP contribution in [-0.2, 0) is 0 Å². The van der Waals surface area contributed by atoms with Crippen molar-refractivity contribution in [3.63, 3.8) is 0 Å². The van der Waals surface area contributed by atoms with Gasteiger partial charge in [0.2, 0.25) is 0 Å². The summed E-state index contributed by atoms with van der Waals surface area (Å²) in [5.74, 6) is 0. The zero-order chi connectivity index (χ0) is 9.68. The van der Waals surface area contributed by atoms with Gasteiger partial charge < -0.3 is 10.5 Å². The molecule has 0 atom stereocenters. The zero-order valence-electron chi connectivity index (χ0n) is 7.87. The molecular formula is C10H14N2O. The van der Waals surface area contributed by atoms with Crippen molar-refractivity contribution in [1.29, 1.82) is 0 Å². The highest BCUT2D eigenvalue weighted by atomic mass is 16.4. The van der Waals surface area contributed by atoms with E-state index in [1.54, 1.807) is 5.16 Å². The van der Waals surface area contributed by atoms with Gasteiger partial charge in [0, 0.05) is 17.3 Å². The van der Waals surface area contributed by atoms with E-state index in [0.29, 0.717) is 6.04 Å². The summed E-state index contributed by atoms with van der Waals surface area (Å²) in [6, 6.07) is 8.08. The third-order valence-electron chi connectivity index (χ3n) is 1.57. The Kier molecular flexibility index (Phi) is 3.31. The fourth-order valence-electron chi connectivity index (χ4n) is 1.12. The summed E-state index contributed by atoms with van der Waals surface area (Å²) in [7, 11) is 0. The summed E-state index contributed by atoms with van der Waals surface area (Å²) >= 11 is 0. The van der Waals surface area contributed by atoms with Crippen LogP contribution < -0.4 is 10.5 Å². The van der Waals surface area contributed by atoms with Crippen molar-refractivity contribution in [3.05, 3.63) is 35.0 Å². The summed E-state index contributed by atoms with van der Waals surface area (Å²) in [5.41, 5.74) is 1.90. The van der Waals surface area contributed by atoms with Crippen LogP contribution in [0, 0.1) is 5.21 Å². The van der Waals surface area contributed by atoms with Crippen LogP contribution in [0.25, 0.3) is 0 Å². The molecule has 0 aromatic heterocycles. The van der Waals surface area contributed by atoms with Crippen molar-refractivity contribution in [1.82, 2.24) is 0 Å². The molecule has 0 heterocycles. The van der Waals surface area contributed by atoms with Gasteiger partial charge in [0.15, 0.2) is 6.21 Å². The quantitative estimate of drug-likeness (QED) is 0.402. The molecule has 0 aliphatic carbocycles. The van der Waals surface area contributed by atoms with Gasteiger partial charge in [-0.3, -0.25) is 0 Å². The molecule has 2 N–H and O–H groups in total. The lowest BCUT2D eigenvalue weighted by Crippen LogP contribution is -2.60. The van der Waals surface area contributed by atoms with Crippen molar-refractivity contribution in [2.75, 3.05) is 5.32 Å². The first kappa shape index (κ1) is 9.58. The Morgan fingerprint density at radius 1 is 1.46 bits per heavy atom. The Balaban J connectivity index is 2.79. The third kappa shape index (κ3) is 3.15. The summed E-state index contributed by atoms with van der Waals surface area (Å²) in [5, 5.41) is 15.1. The van der Waals surface area contributed by atoms with Crippen LogP contribution in [0.4, 0.5) is 5.69 Å². The van der Waals surface area contributed by atoms with Crippen LogP contribution >= 0.6 is 0 Å². The number of hydrogen-bond acceptors (Lipinski definition) is 2. The molecule has 3 nitrogen and oxygen atoms in total. The van der Waals surface area contributed by atoms with E-state index < -0.39 is 0 Å². The van der Waals surface area contributed by atoms with Crippen molar-refractivity contribution in [2.45, 2.75) is 19.9 Å². The molecule has 0 radical (unpaired) electrons. The van der Waals surface area contributed by atoms with Crippen LogP contribution in [0.2, 0.25) is 0 Å². The van der Waals surface area contributed by atoms with E-state index in [1.807, 2.05) is 24.3 Å². The Morgan fingerprint density at radius 3 is 2.85 bits per heavy atom. The van der Waals surface area contributed by atoms with Crippen molar-refractivity contribution in [3.8, 4) is 0 Å². The van der Waals surface area contributed by atoms with E-state index in [9.17, 15) is 5.21 Å². The first-order chi connectivity index (χ1) is 6.22. The first-order valence-corrected chi connectivity index (χ1v) is 4.30. The van der Waals surface area contributed by atoms with E-state index in [-0.39, 0.29) is 0 Å². The molecule has 0 fully saturated rings. The second-order valence-corrected chi connectivity index (χ2v) is 3.19. The Labute approximate surface area is 78.1 Å². The molecule has 0 saturated heterocycles. The number of hydrogen-bond donors (Lipinski definition) is 2. The SMILES string of the molecule is CC(C)Nc1cccc(C=[NH+][O-])c1. The zero-order valence-corrected chi connectivity index (χ0v) is 7.87. The lowest BCUT2D eigenvalue weighted by molar-refractivity contribution is -0.366. The molecule has 0 spiro atoms. The molecule has 0 aliphatic heterocycles. The van der Waals surface area contributed by atoms with Crippen LogP contribution in [-0.4, -0.2) is 12.3 Å². The molecule has 0 aliphatic rings. The molecule has 0 bridgehead atoms. The Morgan fingerprint density at radius 2 is 2.23 bits per heavy atom. The van der Waals surface area contributed by atoms with E-state index in [2.05, 4.69) is 19.2 Å². The minimum Gasteiger partial charge on any atom is -0.625 e. The molecular weight excluding hydrogens is 164 g/mol. The lowest BCUT2D eigenvalue weighted by Gasteiger charge is -2.09. The van der Waals surface area contributed by atoms with Crippen LogP contribution in [0.1, 0.15) is 19.4 Å². The standard InChI is InChI=1S/C10H14N2O/c1-8(2)12-10-5-3-4-9(6-10)7-11-13/h3-8,11-12H,1-2H3. The summed E-state index contributed by atoms with van der Waals surface area (Å²) in [6.45, 7) is 4.14. The molecule has 0 unspecified atom stereocenters. The van der Waals surface area contributed by atoms with Gasteiger partial charge in [-0.05, 0) is 32.0 Å². The molecule has 0 saturated carbocycles. The van der Waals surface area contributed by atoms with E-state index in [1.165, 1.54) is 6.21 Å². The smallest absolute Gasteiger partial charge is 0.179 e. The maximum Gasteiger partial charge on any atom is 0.179 e. The van der Waals surface area contributed by atoms with Crippen molar-refractivity contribution in [2.24, 2.45) is 0 Å². The Bertz CT molecular complexity index is 295. The largest absolute Gasteiger partial charge is 0.625 e. The fourth-order valence-corrected chi connectivity index (χ4v) is 1.12. The predicted molar refractivity (Wildman–Crippen MR) is 54.7 cm³/mol. The average Bonchev–Trinajstić information content (AvgIpc) is 2.04. The predicted octanol–water partition coefficient (Wildman–Crippen LogP) is 0.504. The number of rotatable bonds is 3. The van der Waals surface area contributed by atoms with E-state index in [4.69, 9.17) is 0 Å². The highest BCUT2D eigenvalue weighted by molar-refractivity contribution is 5.77. The Hall–Kier alpha value is -1.51. The second kappa shape index (κ2) is 4.50. The van der Waals surface area contributed by atoms with Crippen molar-refractivity contribution >= 4 is 11.9 Å². The normalized spacial score (nSPS) is 11.0. The lowest BCUT2D eigenvalue weighted by atomic mass is 10.2. The second-order valence-electron chi connectivity index (χ2n) is 3.19. The summed E-state index contributed by atoms with van der Waals surface area (Å²) in [6.07, 6.45) is 1.42. The topological polar surface area (TPSA) is 49.1 Å². The summed E-state index contributed by atoms with van der Waals surface area (Å²) < 4.78 is 0. The molecule has 1 aromatic rings. The molecule has 13 heavy (non-hydrogen) atoms. The first-order valence-electron chi connectivity index (χ1n) is 4.30. The monoisotopic (exact) mass is 178 g/mol. The fraction of sp³-hybridized carbons (Fsp3) is 0.300. The number of anilines is 1. The van der Waals surface area contributed by atoms with Gasteiger partial charge in [0.1, 0.15) is 0 Å². The van der Waals surface area contributed by atoms with E-state index in [0.717, 1.165) is 11.3 Å². The minimum atomic E-state index is 0.399. The van der Waals surface area contributed by atoms with Gasteiger partial charge in [-0.1, -0.05) is 6.07 Å². The molecule has 1 rings (SSSR count). The minimum absolute atomic E-state index is 0.399. The third-order valence-corrected chi connectivity index (χ3v) is 1.57. The van der Waals surface area contributed by atoms with E-state index >= 15 is 0 Å². The molecule has 0 amide bonds. The average molecular weight is 178 g/mol. The maximum absolute atomic E-state index is 10.1. The van der Waals surface area contributed by atoms with Crippen molar-refractivity contribution < 1.29 is 5.16 Å². The van der Waals surface area contributed by atoms with Gasteiger partial charge in [-0.15, -0.1) is 0 Å². The molecule has 70 valence electrons. The van der Waals surface area contributed by atoms with Crippen LogP contribution in [0.5, 0.6) is 0 Å². The van der Waals surface area contributed by atoms with Gasteiger partial charge in [-0.25, -0.2) is 5.16 Å². The number of nitrogens with one attached hydrogen (secondary N) is 2. The van der Waals surface area contributed by atoms with Crippen LogP contribution in [0.3, 0.4) is 0 Å². The highest BCUT2D eigenvalue weighted by Gasteiger charge is 1.96. The maximum atomic E-state index is 10.1. The summed E-state index contributed by atoms with van der Waals surface area (Å²) in [4.78, 5) is 0. The van der Waals surface area contributed by atoms with Gasteiger partial charge in [0.05, 0.1) is 0 Å². The van der Waals surface area contributed by atoms with Gasteiger partial charge >= 0.3 is 0 Å². The molecule has 1 aromatic carbocycles. The van der Waals surface area contributed by atoms with Gasteiger partial charge in [-0.2, -0.15) is 0 Å².